The fraction of sp³-hybridized carbons (Fsp3) is 0.407. The molecule has 2 aromatic carbocycles. The Morgan fingerprint density at radius 1 is 0.919 bits per heavy atom. The number of amides is 3. The number of hydrogen-bond acceptors (Lipinski definition) is 3. The standard InChI is InChI=1S/C27H29F4N3O3/c1-15(2)34(16(3)4)24(36)19-8-6-18(7-9-19)17(5)32-25(37)26(10-11-26)33-23(35)20-12-21(27(29,30)31)14-22(28)13-20/h6-9,12-16H,10-11H2,1-5H3,(H,33,35). The lowest BCUT2D eigenvalue weighted by Gasteiger charge is -2.30. The van der Waals surface area contributed by atoms with Crippen LogP contribution in [0.3, 0.4) is 0 Å². The number of halogens is 4. The number of nitrogens with zero attached hydrogens (tertiary/aromatic N) is 2. The lowest BCUT2D eigenvalue weighted by atomic mass is 10.1. The number of alkyl halides is 3. The lowest BCUT2D eigenvalue weighted by molar-refractivity contribution is -0.137. The number of benzene rings is 2. The fourth-order valence-electron chi connectivity index (χ4n) is 4.08. The molecule has 0 aliphatic heterocycles. The van der Waals surface area contributed by atoms with E-state index in [1.165, 1.54) is 0 Å². The number of carbonyl (C=O) groups excluding carboxylic acids is 3. The van der Waals surface area contributed by atoms with Crippen LogP contribution in [0.5, 0.6) is 0 Å². The summed E-state index contributed by atoms with van der Waals surface area (Å²) in [6.45, 7) is 9.34. The molecule has 0 spiro atoms. The fourth-order valence-corrected chi connectivity index (χ4v) is 4.08. The van der Waals surface area contributed by atoms with Crippen molar-refractivity contribution in [1.82, 2.24) is 10.2 Å². The first-order valence-electron chi connectivity index (χ1n) is 11.9. The SMILES string of the molecule is CC(=NC(=O)C1(NC(=O)c2cc(F)cc(C(F)(F)F)c2)CC1)c1ccc(C(=O)N(C(C)C)C(C)C)cc1. The number of carbonyl (C=O) groups is 3. The lowest BCUT2D eigenvalue weighted by Crippen LogP contribution is -2.42. The largest absolute Gasteiger partial charge is 0.416 e. The van der Waals surface area contributed by atoms with E-state index >= 15 is 0 Å². The van der Waals surface area contributed by atoms with Crippen LogP contribution in [0.2, 0.25) is 0 Å². The van der Waals surface area contributed by atoms with Crippen molar-refractivity contribution in [1.29, 1.82) is 0 Å². The van der Waals surface area contributed by atoms with Gasteiger partial charge in [-0.25, -0.2) is 9.38 Å². The maximum absolute atomic E-state index is 13.7. The van der Waals surface area contributed by atoms with Gasteiger partial charge in [-0.15, -0.1) is 0 Å². The minimum absolute atomic E-state index is 0.0190. The highest BCUT2D eigenvalue weighted by atomic mass is 19.4. The summed E-state index contributed by atoms with van der Waals surface area (Å²) < 4.78 is 52.6. The molecule has 3 rings (SSSR count). The van der Waals surface area contributed by atoms with Gasteiger partial charge in [-0.2, -0.15) is 13.2 Å². The molecule has 0 heterocycles. The zero-order valence-electron chi connectivity index (χ0n) is 21.2. The third-order valence-corrected chi connectivity index (χ3v) is 6.17. The van der Waals surface area contributed by atoms with Crippen LogP contribution in [0.25, 0.3) is 0 Å². The van der Waals surface area contributed by atoms with E-state index in [0.717, 1.165) is 0 Å². The molecule has 0 bridgehead atoms. The van der Waals surface area contributed by atoms with Crippen molar-refractivity contribution in [2.75, 3.05) is 0 Å². The minimum atomic E-state index is -4.83. The van der Waals surface area contributed by atoms with Gasteiger partial charge in [-0.05, 0) is 83.4 Å². The van der Waals surface area contributed by atoms with E-state index < -0.39 is 40.5 Å². The summed E-state index contributed by atoms with van der Waals surface area (Å²) in [6, 6.07) is 8.19. The Hall–Kier alpha value is -3.56. The van der Waals surface area contributed by atoms with Crippen LogP contribution in [-0.2, 0) is 11.0 Å². The molecule has 37 heavy (non-hydrogen) atoms. The summed E-state index contributed by atoms with van der Waals surface area (Å²) in [5, 5.41) is 2.42. The van der Waals surface area contributed by atoms with Crippen molar-refractivity contribution < 1.29 is 31.9 Å². The monoisotopic (exact) mass is 519 g/mol. The highest BCUT2D eigenvalue weighted by Gasteiger charge is 2.51. The second kappa shape index (κ2) is 10.4. The third-order valence-electron chi connectivity index (χ3n) is 6.17. The van der Waals surface area contributed by atoms with Crippen LogP contribution in [0.15, 0.2) is 47.5 Å². The molecule has 3 amide bonds. The maximum Gasteiger partial charge on any atom is 0.416 e. The Kier molecular flexibility index (Phi) is 7.90. The third kappa shape index (κ3) is 6.42. The molecule has 198 valence electrons. The van der Waals surface area contributed by atoms with Crippen molar-refractivity contribution in [2.45, 2.75) is 71.3 Å². The average molecular weight is 520 g/mol. The molecule has 0 radical (unpaired) electrons. The average Bonchev–Trinajstić information content (AvgIpc) is 3.58. The molecule has 2 aromatic rings. The van der Waals surface area contributed by atoms with Crippen molar-refractivity contribution in [2.24, 2.45) is 4.99 Å². The van der Waals surface area contributed by atoms with E-state index in [1.807, 2.05) is 27.7 Å². The topological polar surface area (TPSA) is 78.8 Å². The Morgan fingerprint density at radius 3 is 1.95 bits per heavy atom. The quantitative estimate of drug-likeness (QED) is 0.393. The zero-order chi connectivity index (χ0) is 27.7. The summed E-state index contributed by atoms with van der Waals surface area (Å²) in [4.78, 5) is 44.1. The van der Waals surface area contributed by atoms with E-state index in [4.69, 9.17) is 0 Å². The van der Waals surface area contributed by atoms with Gasteiger partial charge >= 0.3 is 6.18 Å². The van der Waals surface area contributed by atoms with Gasteiger partial charge in [-0.3, -0.25) is 14.4 Å². The first kappa shape index (κ1) is 28.0. The van der Waals surface area contributed by atoms with Gasteiger partial charge in [0, 0.05) is 28.9 Å². The predicted octanol–water partition coefficient (Wildman–Crippen LogP) is 5.40. The highest BCUT2D eigenvalue weighted by molar-refractivity contribution is 6.09. The summed E-state index contributed by atoms with van der Waals surface area (Å²) >= 11 is 0. The van der Waals surface area contributed by atoms with Crippen LogP contribution < -0.4 is 5.32 Å². The second-order valence-corrected chi connectivity index (χ2v) is 9.74. The van der Waals surface area contributed by atoms with Gasteiger partial charge in [-0.1, -0.05) is 12.1 Å². The van der Waals surface area contributed by atoms with Crippen molar-refractivity contribution in [3.05, 3.63) is 70.5 Å². The Balaban J connectivity index is 1.74. The first-order valence-corrected chi connectivity index (χ1v) is 11.9. The van der Waals surface area contributed by atoms with Crippen LogP contribution in [0, 0.1) is 5.82 Å². The van der Waals surface area contributed by atoms with Crippen molar-refractivity contribution >= 4 is 23.4 Å². The summed E-state index contributed by atoms with van der Waals surface area (Å²) in [6.07, 6.45) is -4.32. The van der Waals surface area contributed by atoms with E-state index in [-0.39, 0.29) is 30.8 Å². The van der Waals surface area contributed by atoms with E-state index in [1.54, 1.807) is 36.1 Å². The van der Waals surface area contributed by atoms with Crippen molar-refractivity contribution in [3.63, 3.8) is 0 Å². The van der Waals surface area contributed by atoms with E-state index in [0.29, 0.717) is 35.0 Å². The zero-order valence-corrected chi connectivity index (χ0v) is 21.2. The van der Waals surface area contributed by atoms with Crippen LogP contribution in [0.1, 0.15) is 79.3 Å². The predicted molar refractivity (Wildman–Crippen MR) is 131 cm³/mol. The Bertz CT molecular complexity index is 1220. The summed E-state index contributed by atoms with van der Waals surface area (Å²) in [5.74, 6) is -2.98. The van der Waals surface area contributed by atoms with E-state index in [2.05, 4.69) is 10.3 Å². The normalized spacial score (nSPS) is 15.1. The molecule has 1 aliphatic rings. The molecule has 0 atom stereocenters. The molecular formula is C27H29F4N3O3. The van der Waals surface area contributed by atoms with E-state index in [9.17, 15) is 31.9 Å². The molecule has 0 unspecified atom stereocenters. The van der Waals surface area contributed by atoms with Gasteiger partial charge in [0.1, 0.15) is 11.4 Å². The van der Waals surface area contributed by atoms with Gasteiger partial charge in [0.2, 0.25) is 0 Å². The molecule has 1 aliphatic carbocycles. The maximum atomic E-state index is 13.7. The summed E-state index contributed by atoms with van der Waals surface area (Å²) in [7, 11) is 0. The second-order valence-electron chi connectivity index (χ2n) is 9.74. The molecule has 1 fully saturated rings. The molecule has 0 saturated heterocycles. The summed E-state index contributed by atoms with van der Waals surface area (Å²) in [5.41, 5.74) is -1.76. The van der Waals surface area contributed by atoms with Crippen LogP contribution in [-0.4, -0.2) is 46.0 Å². The molecule has 10 heteroatoms. The van der Waals surface area contributed by atoms with Crippen molar-refractivity contribution in [3.8, 4) is 0 Å². The number of aliphatic imine (C=N–C) groups is 1. The van der Waals surface area contributed by atoms with Gasteiger partial charge in [0.15, 0.2) is 0 Å². The molecule has 0 aromatic heterocycles. The number of hydrogen-bond donors (Lipinski definition) is 1. The number of nitrogens with one attached hydrogen (secondary N) is 1. The van der Waals surface area contributed by atoms with Crippen LogP contribution >= 0.6 is 0 Å². The highest BCUT2D eigenvalue weighted by Crippen LogP contribution is 2.37. The molecule has 6 nitrogen and oxygen atoms in total. The molecule has 1 saturated carbocycles. The van der Waals surface area contributed by atoms with Gasteiger partial charge < -0.3 is 10.2 Å². The smallest absolute Gasteiger partial charge is 0.338 e. The van der Waals surface area contributed by atoms with Crippen LogP contribution in [0.4, 0.5) is 17.6 Å². The number of rotatable bonds is 7. The first-order chi connectivity index (χ1) is 17.1. The Morgan fingerprint density at radius 2 is 1.46 bits per heavy atom. The molecule has 1 N–H and O–H groups in total. The Labute approximate surface area is 212 Å². The van der Waals surface area contributed by atoms with Gasteiger partial charge in [0.05, 0.1) is 5.56 Å². The minimum Gasteiger partial charge on any atom is -0.338 e. The van der Waals surface area contributed by atoms with Gasteiger partial charge in [0.25, 0.3) is 17.7 Å². The molecular weight excluding hydrogens is 490 g/mol.